The Bertz CT molecular complexity index is 627. The van der Waals surface area contributed by atoms with E-state index in [1.807, 2.05) is 62.4 Å². The molecule has 0 heterocycles. The minimum absolute atomic E-state index is 0.0193. The predicted octanol–water partition coefficient (Wildman–Crippen LogP) is 3.47. The van der Waals surface area contributed by atoms with Gasteiger partial charge < -0.3 is 11.1 Å². The number of amides is 1. The Morgan fingerprint density at radius 1 is 1.10 bits per heavy atom. The van der Waals surface area contributed by atoms with Crippen molar-refractivity contribution in [1.29, 1.82) is 0 Å². The van der Waals surface area contributed by atoms with Gasteiger partial charge in [0.2, 0.25) is 5.91 Å². The maximum atomic E-state index is 11.9. The van der Waals surface area contributed by atoms with Crippen molar-refractivity contribution in [3.63, 3.8) is 0 Å². The number of nitrogens with one attached hydrogen (secondary N) is 1. The lowest BCUT2D eigenvalue weighted by atomic mass is 10.1. The number of aryl methyl sites for hydroxylation is 1. The van der Waals surface area contributed by atoms with Crippen molar-refractivity contribution in [1.82, 2.24) is 5.32 Å². The molecule has 3 heteroatoms. The summed E-state index contributed by atoms with van der Waals surface area (Å²) in [5.41, 5.74) is 9.58. The van der Waals surface area contributed by atoms with Crippen LogP contribution < -0.4 is 11.1 Å². The molecule has 1 atom stereocenters. The minimum Gasteiger partial charge on any atom is -0.399 e. The minimum atomic E-state index is -0.111. The van der Waals surface area contributed by atoms with Crippen molar-refractivity contribution < 1.29 is 4.79 Å². The molecule has 2 rings (SSSR count). The number of nitrogens with two attached hydrogens (primary N) is 1. The Labute approximate surface area is 125 Å². The molecule has 108 valence electrons. The summed E-state index contributed by atoms with van der Waals surface area (Å²) in [6, 6.07) is 15.5. The second kappa shape index (κ2) is 6.75. The number of hydrogen-bond acceptors (Lipinski definition) is 2. The highest BCUT2D eigenvalue weighted by Gasteiger charge is 2.06. The zero-order chi connectivity index (χ0) is 15.2. The van der Waals surface area contributed by atoms with Gasteiger partial charge in [-0.25, -0.2) is 0 Å². The molecule has 3 nitrogen and oxygen atoms in total. The molecule has 21 heavy (non-hydrogen) atoms. The molecule has 2 aromatic rings. The molecule has 0 fully saturated rings. The Morgan fingerprint density at radius 2 is 1.71 bits per heavy atom. The van der Waals surface area contributed by atoms with Crippen LogP contribution >= 0.6 is 0 Å². The van der Waals surface area contributed by atoms with Gasteiger partial charge >= 0.3 is 0 Å². The Morgan fingerprint density at radius 3 is 2.33 bits per heavy atom. The lowest BCUT2D eigenvalue weighted by Crippen LogP contribution is -2.24. The van der Waals surface area contributed by atoms with E-state index in [4.69, 9.17) is 5.73 Å². The molecule has 0 saturated carbocycles. The van der Waals surface area contributed by atoms with E-state index >= 15 is 0 Å². The molecule has 2 aromatic carbocycles. The number of carbonyl (C=O) groups excluding carboxylic acids is 1. The zero-order valence-electron chi connectivity index (χ0n) is 12.3. The lowest BCUT2D eigenvalue weighted by Gasteiger charge is -2.13. The number of benzene rings is 2. The van der Waals surface area contributed by atoms with Gasteiger partial charge in [0.1, 0.15) is 0 Å². The van der Waals surface area contributed by atoms with Crippen LogP contribution in [0.5, 0.6) is 0 Å². The SMILES string of the molecule is Cc1ccc([C@H](C)NC(=O)/C=C/c2ccc(N)cc2)cc1. The van der Waals surface area contributed by atoms with Crippen LogP contribution in [0.15, 0.2) is 54.6 Å². The van der Waals surface area contributed by atoms with Crippen LogP contribution in [0.2, 0.25) is 0 Å². The summed E-state index contributed by atoms with van der Waals surface area (Å²) in [5, 5.41) is 2.95. The largest absolute Gasteiger partial charge is 0.399 e. The van der Waals surface area contributed by atoms with Gasteiger partial charge in [-0.3, -0.25) is 4.79 Å². The smallest absolute Gasteiger partial charge is 0.244 e. The number of hydrogen-bond donors (Lipinski definition) is 2. The zero-order valence-corrected chi connectivity index (χ0v) is 12.3. The summed E-state index contributed by atoms with van der Waals surface area (Å²) in [5.74, 6) is -0.111. The number of rotatable bonds is 4. The average Bonchev–Trinajstić information content (AvgIpc) is 2.47. The summed E-state index contributed by atoms with van der Waals surface area (Å²) in [6.45, 7) is 4.02. The normalized spacial score (nSPS) is 12.3. The van der Waals surface area contributed by atoms with Gasteiger partial charge in [0, 0.05) is 11.8 Å². The molecule has 0 aliphatic heterocycles. The molecular formula is C18H20N2O. The van der Waals surface area contributed by atoms with Crippen molar-refractivity contribution in [2.24, 2.45) is 0 Å². The number of anilines is 1. The van der Waals surface area contributed by atoms with E-state index < -0.39 is 0 Å². The third-order valence-corrected chi connectivity index (χ3v) is 3.30. The molecule has 3 N–H and O–H groups in total. The van der Waals surface area contributed by atoms with E-state index in [2.05, 4.69) is 5.32 Å². The highest BCUT2D eigenvalue weighted by atomic mass is 16.1. The first-order chi connectivity index (χ1) is 10.0. The average molecular weight is 280 g/mol. The van der Waals surface area contributed by atoms with Crippen LogP contribution in [0, 0.1) is 6.92 Å². The van der Waals surface area contributed by atoms with E-state index in [0.29, 0.717) is 5.69 Å². The highest BCUT2D eigenvalue weighted by Crippen LogP contribution is 2.13. The fourth-order valence-corrected chi connectivity index (χ4v) is 1.98. The van der Waals surface area contributed by atoms with Crippen molar-refractivity contribution in [3.8, 4) is 0 Å². The molecule has 0 spiro atoms. The Hall–Kier alpha value is -2.55. The Balaban J connectivity index is 1.94. The third kappa shape index (κ3) is 4.49. The van der Waals surface area contributed by atoms with E-state index in [-0.39, 0.29) is 11.9 Å². The standard InChI is InChI=1S/C18H20N2O/c1-13-3-8-16(9-4-13)14(2)20-18(21)12-7-15-5-10-17(19)11-6-15/h3-12,14H,19H2,1-2H3,(H,20,21)/b12-7+/t14-/m0/s1. The molecule has 0 bridgehead atoms. The summed E-state index contributed by atoms with van der Waals surface area (Å²) >= 11 is 0. The fraction of sp³-hybridized carbons (Fsp3) is 0.167. The number of nitrogen functional groups attached to an aromatic ring is 1. The van der Waals surface area contributed by atoms with Crippen LogP contribution in [0.25, 0.3) is 6.08 Å². The quantitative estimate of drug-likeness (QED) is 0.665. The summed E-state index contributed by atoms with van der Waals surface area (Å²) in [4.78, 5) is 11.9. The molecule has 0 aromatic heterocycles. The van der Waals surface area contributed by atoms with Crippen LogP contribution in [-0.4, -0.2) is 5.91 Å². The van der Waals surface area contributed by atoms with Gasteiger partial charge in [-0.15, -0.1) is 0 Å². The Kier molecular flexibility index (Phi) is 4.77. The van der Waals surface area contributed by atoms with Crippen LogP contribution in [-0.2, 0) is 4.79 Å². The molecule has 0 radical (unpaired) electrons. The maximum Gasteiger partial charge on any atom is 0.244 e. The lowest BCUT2D eigenvalue weighted by molar-refractivity contribution is -0.117. The maximum absolute atomic E-state index is 11.9. The topological polar surface area (TPSA) is 55.1 Å². The highest BCUT2D eigenvalue weighted by molar-refractivity contribution is 5.92. The summed E-state index contributed by atoms with van der Waals surface area (Å²) in [6.07, 6.45) is 3.31. The van der Waals surface area contributed by atoms with Gasteiger partial charge in [-0.2, -0.15) is 0 Å². The van der Waals surface area contributed by atoms with Gasteiger partial charge in [0.15, 0.2) is 0 Å². The summed E-state index contributed by atoms with van der Waals surface area (Å²) < 4.78 is 0. The van der Waals surface area contributed by atoms with E-state index in [1.54, 1.807) is 6.08 Å². The van der Waals surface area contributed by atoms with Crippen LogP contribution in [0.1, 0.15) is 29.7 Å². The molecule has 0 saturated heterocycles. The van der Waals surface area contributed by atoms with Crippen LogP contribution in [0.3, 0.4) is 0 Å². The first-order valence-electron chi connectivity index (χ1n) is 6.95. The predicted molar refractivity (Wildman–Crippen MR) is 87.6 cm³/mol. The first kappa shape index (κ1) is 14.9. The first-order valence-corrected chi connectivity index (χ1v) is 6.95. The van der Waals surface area contributed by atoms with Gasteiger partial charge in [0.25, 0.3) is 0 Å². The second-order valence-electron chi connectivity index (χ2n) is 5.14. The monoisotopic (exact) mass is 280 g/mol. The van der Waals surface area contributed by atoms with E-state index in [1.165, 1.54) is 11.6 Å². The fourth-order valence-electron chi connectivity index (χ4n) is 1.98. The van der Waals surface area contributed by atoms with E-state index in [9.17, 15) is 4.79 Å². The number of carbonyl (C=O) groups is 1. The third-order valence-electron chi connectivity index (χ3n) is 3.30. The molecule has 1 amide bonds. The van der Waals surface area contributed by atoms with Crippen molar-refractivity contribution in [2.75, 3.05) is 5.73 Å². The molecule has 0 aliphatic carbocycles. The summed E-state index contributed by atoms with van der Waals surface area (Å²) in [7, 11) is 0. The van der Waals surface area contributed by atoms with Crippen molar-refractivity contribution >= 4 is 17.7 Å². The van der Waals surface area contributed by atoms with E-state index in [0.717, 1.165) is 11.1 Å². The molecular weight excluding hydrogens is 260 g/mol. The van der Waals surface area contributed by atoms with Gasteiger partial charge in [0.05, 0.1) is 6.04 Å². The van der Waals surface area contributed by atoms with Crippen LogP contribution in [0.4, 0.5) is 5.69 Å². The van der Waals surface area contributed by atoms with Gasteiger partial charge in [-0.05, 0) is 43.2 Å². The second-order valence-corrected chi connectivity index (χ2v) is 5.14. The van der Waals surface area contributed by atoms with Crippen molar-refractivity contribution in [2.45, 2.75) is 19.9 Å². The van der Waals surface area contributed by atoms with Gasteiger partial charge in [-0.1, -0.05) is 42.0 Å². The molecule has 0 unspecified atom stereocenters. The molecule has 0 aliphatic rings. The van der Waals surface area contributed by atoms with Crippen molar-refractivity contribution in [3.05, 3.63) is 71.3 Å².